The van der Waals surface area contributed by atoms with Crippen LogP contribution in [-0.2, 0) is 19.9 Å². The third kappa shape index (κ3) is 2.37. The molecule has 0 aliphatic carbocycles. The molecule has 0 amide bonds. The Morgan fingerprint density at radius 3 is 2.55 bits per heavy atom. The van der Waals surface area contributed by atoms with Crippen LogP contribution in [-0.4, -0.2) is 57.8 Å². The summed E-state index contributed by atoms with van der Waals surface area (Å²) >= 11 is 0. The van der Waals surface area contributed by atoms with E-state index in [1.165, 1.54) is 16.4 Å². The van der Waals surface area contributed by atoms with E-state index in [0.717, 1.165) is 0 Å². The van der Waals surface area contributed by atoms with Gasteiger partial charge in [-0.05, 0) is 12.1 Å². The van der Waals surface area contributed by atoms with E-state index in [1.807, 2.05) is 0 Å². The molecule has 8 heteroatoms. The summed E-state index contributed by atoms with van der Waals surface area (Å²) in [6.07, 6.45) is 0. The maximum atomic E-state index is 12.6. The van der Waals surface area contributed by atoms with Crippen molar-refractivity contribution in [3.05, 3.63) is 30.3 Å². The number of benzene rings is 1. The van der Waals surface area contributed by atoms with Crippen molar-refractivity contribution in [2.24, 2.45) is 0 Å². The lowest BCUT2D eigenvalue weighted by Crippen LogP contribution is -2.58. The highest BCUT2D eigenvalue weighted by molar-refractivity contribution is 7.92. The van der Waals surface area contributed by atoms with Crippen LogP contribution in [0.2, 0.25) is 0 Å². The summed E-state index contributed by atoms with van der Waals surface area (Å²) in [7, 11) is -6.81. The zero-order valence-electron chi connectivity index (χ0n) is 10.8. The van der Waals surface area contributed by atoms with Crippen molar-refractivity contribution in [1.82, 2.24) is 9.62 Å². The third-order valence-electron chi connectivity index (χ3n) is 3.78. The van der Waals surface area contributed by atoms with E-state index in [-0.39, 0.29) is 22.4 Å². The van der Waals surface area contributed by atoms with Gasteiger partial charge in [0, 0.05) is 19.1 Å². The molecule has 2 fully saturated rings. The molecule has 20 heavy (non-hydrogen) atoms. The van der Waals surface area contributed by atoms with Gasteiger partial charge in [-0.1, -0.05) is 18.2 Å². The van der Waals surface area contributed by atoms with Crippen LogP contribution in [0.5, 0.6) is 0 Å². The Kier molecular flexibility index (Phi) is 3.36. The normalized spacial score (nSPS) is 30.0. The Labute approximate surface area is 118 Å². The molecule has 2 heterocycles. The molecular formula is C12H16N2O4S2. The van der Waals surface area contributed by atoms with Gasteiger partial charge in [0.05, 0.1) is 22.4 Å². The van der Waals surface area contributed by atoms with Crippen molar-refractivity contribution in [2.75, 3.05) is 24.6 Å². The number of sulfone groups is 1. The smallest absolute Gasteiger partial charge is 0.243 e. The summed E-state index contributed by atoms with van der Waals surface area (Å²) in [4.78, 5) is 0.213. The lowest BCUT2D eigenvalue weighted by molar-refractivity contribution is 0.247. The Hall–Kier alpha value is -0.960. The SMILES string of the molecule is O=S1(=O)C[C@@H]2NCCN(S(=O)(=O)c3ccccc3)[C@@H]2C1. The van der Waals surface area contributed by atoms with Crippen molar-refractivity contribution < 1.29 is 16.8 Å². The second-order valence-electron chi connectivity index (χ2n) is 5.13. The summed E-state index contributed by atoms with van der Waals surface area (Å²) in [5.41, 5.74) is 0. The van der Waals surface area contributed by atoms with Crippen molar-refractivity contribution in [1.29, 1.82) is 0 Å². The minimum absolute atomic E-state index is 0.0124. The van der Waals surface area contributed by atoms with Gasteiger partial charge < -0.3 is 5.32 Å². The van der Waals surface area contributed by atoms with Crippen molar-refractivity contribution in [3.8, 4) is 0 Å². The van der Waals surface area contributed by atoms with E-state index >= 15 is 0 Å². The van der Waals surface area contributed by atoms with E-state index in [1.54, 1.807) is 18.2 Å². The average Bonchev–Trinajstić information content (AvgIpc) is 2.73. The van der Waals surface area contributed by atoms with Crippen LogP contribution in [0.3, 0.4) is 0 Å². The van der Waals surface area contributed by atoms with E-state index in [2.05, 4.69) is 5.32 Å². The fraction of sp³-hybridized carbons (Fsp3) is 0.500. The first kappa shape index (κ1) is 14.0. The highest BCUT2D eigenvalue weighted by atomic mass is 32.2. The van der Waals surface area contributed by atoms with Crippen LogP contribution in [0.25, 0.3) is 0 Å². The Morgan fingerprint density at radius 1 is 1.15 bits per heavy atom. The van der Waals surface area contributed by atoms with Crippen molar-refractivity contribution >= 4 is 19.9 Å². The zero-order chi connectivity index (χ0) is 14.4. The predicted molar refractivity (Wildman–Crippen MR) is 74.6 cm³/mol. The molecule has 2 atom stereocenters. The first-order chi connectivity index (χ1) is 9.40. The molecule has 1 aromatic rings. The van der Waals surface area contributed by atoms with Gasteiger partial charge >= 0.3 is 0 Å². The number of rotatable bonds is 2. The molecule has 0 bridgehead atoms. The Balaban J connectivity index is 1.97. The number of hydrogen-bond acceptors (Lipinski definition) is 5. The van der Waals surface area contributed by atoms with Crippen LogP contribution in [0.4, 0.5) is 0 Å². The lowest BCUT2D eigenvalue weighted by atomic mass is 10.1. The van der Waals surface area contributed by atoms with Gasteiger partial charge in [0.2, 0.25) is 10.0 Å². The maximum Gasteiger partial charge on any atom is 0.243 e. The second kappa shape index (κ2) is 4.80. The van der Waals surface area contributed by atoms with Gasteiger partial charge in [-0.25, -0.2) is 16.8 Å². The molecule has 110 valence electrons. The topological polar surface area (TPSA) is 83.6 Å². The van der Waals surface area contributed by atoms with Gasteiger partial charge in [0.15, 0.2) is 9.84 Å². The molecular weight excluding hydrogens is 300 g/mol. The number of hydrogen-bond donors (Lipinski definition) is 1. The highest BCUT2D eigenvalue weighted by Crippen LogP contribution is 2.27. The molecule has 6 nitrogen and oxygen atoms in total. The quantitative estimate of drug-likeness (QED) is 0.791. The first-order valence-electron chi connectivity index (χ1n) is 6.41. The third-order valence-corrected chi connectivity index (χ3v) is 7.44. The van der Waals surface area contributed by atoms with Crippen LogP contribution in [0.15, 0.2) is 35.2 Å². The second-order valence-corrected chi connectivity index (χ2v) is 9.18. The van der Waals surface area contributed by atoms with Gasteiger partial charge in [-0.2, -0.15) is 4.31 Å². The molecule has 0 aromatic heterocycles. The molecule has 0 saturated carbocycles. The van der Waals surface area contributed by atoms with Crippen molar-refractivity contribution in [3.63, 3.8) is 0 Å². The summed E-state index contributed by atoms with van der Waals surface area (Å²) < 4.78 is 50.1. The molecule has 1 N–H and O–H groups in total. The Bertz CT molecular complexity index is 700. The zero-order valence-corrected chi connectivity index (χ0v) is 12.4. The van der Waals surface area contributed by atoms with Crippen LogP contribution in [0, 0.1) is 0 Å². The fourth-order valence-electron chi connectivity index (χ4n) is 2.86. The van der Waals surface area contributed by atoms with Crippen LogP contribution < -0.4 is 5.32 Å². The maximum absolute atomic E-state index is 12.6. The summed E-state index contributed by atoms with van der Waals surface area (Å²) in [5, 5.41) is 3.10. The molecule has 0 radical (unpaired) electrons. The van der Waals surface area contributed by atoms with Crippen LogP contribution >= 0.6 is 0 Å². The molecule has 2 aliphatic rings. The molecule has 1 aromatic carbocycles. The standard InChI is InChI=1S/C12H16N2O4S2/c15-19(16)8-11-12(9-19)14(7-6-13-11)20(17,18)10-4-2-1-3-5-10/h1-5,11-13H,6-9H2/t11-,12+/m0/s1. The van der Waals surface area contributed by atoms with E-state index in [4.69, 9.17) is 0 Å². The van der Waals surface area contributed by atoms with E-state index < -0.39 is 25.9 Å². The summed E-state index contributed by atoms with van der Waals surface area (Å²) in [5.74, 6) is -0.0881. The largest absolute Gasteiger partial charge is 0.310 e. The first-order valence-corrected chi connectivity index (χ1v) is 9.67. The highest BCUT2D eigenvalue weighted by Gasteiger charge is 2.47. The fourth-order valence-corrected chi connectivity index (χ4v) is 6.59. The minimum atomic E-state index is -3.64. The van der Waals surface area contributed by atoms with E-state index in [9.17, 15) is 16.8 Å². The summed E-state index contributed by atoms with van der Waals surface area (Å²) in [6.45, 7) is 0.774. The number of piperazine rings is 1. The summed E-state index contributed by atoms with van der Waals surface area (Å²) in [6, 6.07) is 7.35. The minimum Gasteiger partial charge on any atom is -0.310 e. The monoisotopic (exact) mass is 316 g/mol. The van der Waals surface area contributed by atoms with E-state index in [0.29, 0.717) is 13.1 Å². The molecule has 0 spiro atoms. The molecule has 2 aliphatic heterocycles. The Morgan fingerprint density at radius 2 is 1.85 bits per heavy atom. The molecule has 2 saturated heterocycles. The molecule has 0 unspecified atom stereocenters. The number of nitrogens with one attached hydrogen (secondary N) is 1. The van der Waals surface area contributed by atoms with Crippen LogP contribution in [0.1, 0.15) is 0 Å². The predicted octanol–water partition coefficient (Wildman–Crippen LogP) is -0.554. The van der Waals surface area contributed by atoms with Crippen molar-refractivity contribution in [2.45, 2.75) is 17.0 Å². The van der Waals surface area contributed by atoms with Gasteiger partial charge in [-0.3, -0.25) is 0 Å². The number of nitrogens with zero attached hydrogens (tertiary/aromatic N) is 1. The number of sulfonamides is 1. The average molecular weight is 316 g/mol. The number of fused-ring (bicyclic) bond motifs is 1. The lowest BCUT2D eigenvalue weighted by Gasteiger charge is -2.36. The van der Waals surface area contributed by atoms with Gasteiger partial charge in [0.25, 0.3) is 0 Å². The van der Waals surface area contributed by atoms with Gasteiger partial charge in [-0.15, -0.1) is 0 Å². The van der Waals surface area contributed by atoms with Gasteiger partial charge in [0.1, 0.15) is 0 Å². The molecule has 3 rings (SSSR count).